The van der Waals surface area contributed by atoms with Crippen LogP contribution in [0.4, 0.5) is 0 Å². The summed E-state index contributed by atoms with van der Waals surface area (Å²) in [5.41, 5.74) is 1.54. The Morgan fingerprint density at radius 3 is 2.74 bits per heavy atom. The second-order valence-corrected chi connectivity index (χ2v) is 10.2. The first kappa shape index (κ1) is 21.1. The number of fused-ring (bicyclic) bond motifs is 3. The largest absolute Gasteiger partial charge is 0.493 e. The maximum Gasteiger partial charge on any atom is 0.310 e. The van der Waals surface area contributed by atoms with Crippen molar-refractivity contribution in [2.24, 2.45) is 23.2 Å². The van der Waals surface area contributed by atoms with Gasteiger partial charge in [-0.2, -0.15) is 0 Å². The Kier molecular flexibility index (Phi) is 5.41. The first-order chi connectivity index (χ1) is 15.0. The second-order valence-electron chi connectivity index (χ2n) is 10.2. The number of benzene rings is 1. The molecule has 4 fully saturated rings. The molecule has 2 heterocycles. The third-order valence-corrected chi connectivity index (χ3v) is 8.48. The molecule has 0 amide bonds. The molecule has 2 saturated carbocycles. The minimum Gasteiger partial charge on any atom is -0.493 e. The quantitative estimate of drug-likeness (QED) is 0.407. The Labute approximate surface area is 185 Å². The van der Waals surface area contributed by atoms with E-state index in [1.807, 2.05) is 12.1 Å². The van der Waals surface area contributed by atoms with Crippen molar-refractivity contribution in [1.29, 1.82) is 0 Å². The highest BCUT2D eigenvalue weighted by molar-refractivity contribution is 5.75. The number of rotatable bonds is 7. The minimum absolute atomic E-state index is 0.0124. The summed E-state index contributed by atoms with van der Waals surface area (Å²) in [4.78, 5) is 12.7. The summed E-state index contributed by atoms with van der Waals surface area (Å²) in [6, 6.07) is 6.01. The molecule has 2 saturated heterocycles. The van der Waals surface area contributed by atoms with Crippen molar-refractivity contribution < 1.29 is 23.7 Å². The fraction of sp³-hybridized carbons (Fsp3) is 0.720. The maximum atomic E-state index is 12.7. The van der Waals surface area contributed by atoms with Gasteiger partial charge in [0.2, 0.25) is 0 Å². The van der Waals surface area contributed by atoms with Crippen molar-refractivity contribution in [1.82, 2.24) is 5.32 Å². The topological polar surface area (TPSA) is 69.3 Å². The van der Waals surface area contributed by atoms with Crippen molar-refractivity contribution in [2.45, 2.75) is 57.2 Å². The van der Waals surface area contributed by atoms with Gasteiger partial charge in [0.15, 0.2) is 11.5 Å². The Balaban J connectivity index is 1.18. The zero-order valence-electron chi connectivity index (χ0n) is 18.9. The summed E-state index contributed by atoms with van der Waals surface area (Å²) < 4.78 is 22.6. The molecule has 4 aliphatic rings. The van der Waals surface area contributed by atoms with E-state index in [1.54, 1.807) is 14.2 Å². The highest BCUT2D eigenvalue weighted by atomic mass is 16.6. The molecular weight excluding hydrogens is 394 g/mol. The monoisotopic (exact) mass is 429 g/mol. The molecule has 0 aromatic heterocycles. The van der Waals surface area contributed by atoms with E-state index in [4.69, 9.17) is 18.9 Å². The van der Waals surface area contributed by atoms with E-state index >= 15 is 0 Å². The lowest BCUT2D eigenvalue weighted by Gasteiger charge is -2.51. The average Bonchev–Trinajstić information content (AvgIpc) is 3.46. The van der Waals surface area contributed by atoms with Gasteiger partial charge in [0.25, 0.3) is 0 Å². The molecular formula is C25H35NO5. The lowest BCUT2D eigenvalue weighted by Crippen LogP contribution is -2.51. The Morgan fingerprint density at radius 1 is 1.19 bits per heavy atom. The first-order valence-electron chi connectivity index (χ1n) is 11.7. The molecule has 0 bridgehead atoms. The highest BCUT2D eigenvalue weighted by Crippen LogP contribution is 2.62. The van der Waals surface area contributed by atoms with Crippen LogP contribution in [0.3, 0.4) is 0 Å². The number of carbonyl (C=O) groups excluding carboxylic acids is 1. The van der Waals surface area contributed by atoms with Crippen molar-refractivity contribution in [2.75, 3.05) is 33.9 Å². The number of ether oxygens (including phenoxy) is 4. The predicted octanol–water partition coefficient (Wildman–Crippen LogP) is 3.36. The van der Waals surface area contributed by atoms with E-state index in [9.17, 15) is 4.79 Å². The number of carbonyl (C=O) groups is 1. The lowest BCUT2D eigenvalue weighted by atomic mass is 9.53. The molecule has 6 nitrogen and oxygen atoms in total. The summed E-state index contributed by atoms with van der Waals surface area (Å²) in [5, 5.41) is 3.52. The Hall–Kier alpha value is -1.79. The number of hydrogen-bond donors (Lipinski definition) is 1. The minimum atomic E-state index is -0.0438. The summed E-state index contributed by atoms with van der Waals surface area (Å²) in [5.74, 6) is 2.32. The van der Waals surface area contributed by atoms with E-state index in [2.05, 4.69) is 18.3 Å². The van der Waals surface area contributed by atoms with Crippen molar-refractivity contribution in [3.63, 3.8) is 0 Å². The van der Waals surface area contributed by atoms with Crippen LogP contribution >= 0.6 is 0 Å². The van der Waals surface area contributed by atoms with Crippen LogP contribution in [0.15, 0.2) is 18.2 Å². The van der Waals surface area contributed by atoms with Crippen LogP contribution in [0.1, 0.15) is 44.6 Å². The number of epoxide rings is 1. The molecule has 5 rings (SSSR count). The SMILES string of the molecule is COc1ccc(CCNC[C@H]2C(=O)O[C@@H]3C[C@@]4(C)CCC[C@]5(CO5)[C@@H]4C[C@@H]32)cc1OC. The maximum absolute atomic E-state index is 12.7. The van der Waals surface area contributed by atoms with Gasteiger partial charge in [0.05, 0.1) is 32.3 Å². The molecule has 1 N–H and O–H groups in total. The van der Waals surface area contributed by atoms with Gasteiger partial charge in [-0.1, -0.05) is 13.0 Å². The summed E-state index contributed by atoms with van der Waals surface area (Å²) >= 11 is 0. The molecule has 2 aliphatic heterocycles. The van der Waals surface area contributed by atoms with Crippen LogP contribution in [-0.4, -0.2) is 51.6 Å². The molecule has 1 aromatic carbocycles. The third-order valence-electron chi connectivity index (χ3n) is 8.48. The van der Waals surface area contributed by atoms with Crippen LogP contribution in [0, 0.1) is 23.2 Å². The Morgan fingerprint density at radius 2 is 2.00 bits per heavy atom. The van der Waals surface area contributed by atoms with Crippen LogP contribution in [0.2, 0.25) is 0 Å². The van der Waals surface area contributed by atoms with Gasteiger partial charge in [-0.25, -0.2) is 0 Å². The van der Waals surface area contributed by atoms with Crippen LogP contribution in [-0.2, 0) is 20.7 Å². The number of hydrogen-bond acceptors (Lipinski definition) is 6. The predicted molar refractivity (Wildman–Crippen MR) is 116 cm³/mol. The molecule has 0 unspecified atom stereocenters. The summed E-state index contributed by atoms with van der Waals surface area (Å²) in [6.07, 6.45) is 6.68. The third kappa shape index (κ3) is 3.72. The van der Waals surface area contributed by atoms with E-state index in [0.29, 0.717) is 18.4 Å². The Bertz CT molecular complexity index is 837. The molecule has 31 heavy (non-hydrogen) atoms. The molecule has 170 valence electrons. The average molecular weight is 430 g/mol. The summed E-state index contributed by atoms with van der Waals surface area (Å²) in [7, 11) is 3.30. The van der Waals surface area contributed by atoms with Crippen molar-refractivity contribution >= 4 is 5.97 Å². The number of methoxy groups -OCH3 is 2. The second kappa shape index (κ2) is 7.96. The zero-order valence-corrected chi connectivity index (χ0v) is 18.9. The fourth-order valence-corrected chi connectivity index (χ4v) is 6.72. The van der Waals surface area contributed by atoms with Gasteiger partial charge in [-0.15, -0.1) is 0 Å². The van der Waals surface area contributed by atoms with Gasteiger partial charge < -0.3 is 24.3 Å². The van der Waals surface area contributed by atoms with Crippen molar-refractivity contribution in [3.8, 4) is 11.5 Å². The van der Waals surface area contributed by atoms with E-state index in [1.165, 1.54) is 24.8 Å². The van der Waals surface area contributed by atoms with Crippen LogP contribution < -0.4 is 14.8 Å². The fourth-order valence-electron chi connectivity index (χ4n) is 6.72. The molecule has 1 aromatic rings. The first-order valence-corrected chi connectivity index (χ1v) is 11.7. The molecule has 2 aliphatic carbocycles. The highest BCUT2D eigenvalue weighted by Gasteiger charge is 2.64. The smallest absolute Gasteiger partial charge is 0.310 e. The van der Waals surface area contributed by atoms with E-state index < -0.39 is 0 Å². The van der Waals surface area contributed by atoms with Gasteiger partial charge in [-0.05, 0) is 74.1 Å². The van der Waals surface area contributed by atoms with Gasteiger partial charge >= 0.3 is 5.97 Å². The van der Waals surface area contributed by atoms with E-state index in [0.717, 1.165) is 43.9 Å². The number of esters is 1. The standard InChI is InChI=1S/C25H35NO5/c1-24-8-4-9-25(15-30-25)22(24)12-17-18(23(27)31-21(17)13-24)14-26-10-7-16-5-6-19(28-2)20(11-16)29-3/h5-6,11,17-18,21-22,26H,4,7-10,12-15H2,1-3H3/t17-,18-,21-,22-,24-,25+/m1/s1. The normalized spacial score (nSPS) is 38.4. The van der Waals surface area contributed by atoms with Gasteiger partial charge in [-0.3, -0.25) is 4.79 Å². The zero-order chi connectivity index (χ0) is 21.6. The van der Waals surface area contributed by atoms with Gasteiger partial charge in [0.1, 0.15) is 6.10 Å². The van der Waals surface area contributed by atoms with Gasteiger partial charge in [0, 0.05) is 12.5 Å². The number of nitrogens with one attached hydrogen (secondary N) is 1. The van der Waals surface area contributed by atoms with Crippen molar-refractivity contribution in [3.05, 3.63) is 23.8 Å². The summed E-state index contributed by atoms with van der Waals surface area (Å²) in [6.45, 7) is 4.81. The lowest BCUT2D eigenvalue weighted by molar-refractivity contribution is -0.147. The molecule has 1 spiro atoms. The van der Waals surface area contributed by atoms with Crippen LogP contribution in [0.25, 0.3) is 0 Å². The van der Waals surface area contributed by atoms with E-state index in [-0.39, 0.29) is 29.0 Å². The molecule has 6 atom stereocenters. The van der Waals surface area contributed by atoms with Crippen LogP contribution in [0.5, 0.6) is 11.5 Å². The molecule has 0 radical (unpaired) electrons. The molecule has 6 heteroatoms.